The van der Waals surface area contributed by atoms with E-state index in [1.54, 1.807) is 60.7 Å². The van der Waals surface area contributed by atoms with Crippen LogP contribution in [-0.4, -0.2) is 57.5 Å². The molecule has 0 bridgehead atoms. The molecule has 0 saturated heterocycles. The molecule has 26 heteroatoms. The van der Waals surface area contributed by atoms with Gasteiger partial charge in [0.2, 0.25) is 0 Å². The summed E-state index contributed by atoms with van der Waals surface area (Å²) in [7, 11) is 0. The molecule has 0 amide bonds. The van der Waals surface area contributed by atoms with E-state index in [1.807, 2.05) is 54.6 Å². The highest BCUT2D eigenvalue weighted by Crippen LogP contribution is 2.36. The van der Waals surface area contributed by atoms with Gasteiger partial charge in [-0.05, 0) is 169 Å². The molecule has 0 atom stereocenters. The average Bonchev–Trinajstić information content (AvgIpc) is 4.08. The van der Waals surface area contributed by atoms with Crippen LogP contribution in [0, 0.1) is 10.1 Å². The van der Waals surface area contributed by atoms with Crippen LogP contribution in [0.2, 0.25) is 35.2 Å². The monoisotopic (exact) mass is 1350 g/mol. The standard InChI is InChI=1S/C16H10ClF3N2OS.C15H10Cl3NO3.C15H10Cl2N2OS.C15H11ClN2O2/c17-13-3-1-9(7-12(13)16(18,19)20)5-11(23)6-10-2-4-14-15(8-10)24-22-21-14;16-13-4-2-11(19(21)22)7-10(13)8-12(20)5-9-1-3-14(17)15(18)6-9;16-12-3-1-9(7-13(12)17)5-11(20)6-10-2-4-14-15(8-10)21-19-18-14;16-12-4-1-10(2-5-12)7-13(19)8-11-3-6-14-15(9-11)18-20-17-14/h1-4,7-8H,5-6H2;1-4,6-7H,5,8H2;1-4,7-8H,5-6H2;1-6,9H,7-8H2. The largest absolute Gasteiger partial charge is 0.417 e. The predicted octanol–water partition coefficient (Wildman–Crippen LogP) is 17.2. The van der Waals surface area contributed by atoms with Gasteiger partial charge in [-0.3, -0.25) is 29.3 Å². The summed E-state index contributed by atoms with van der Waals surface area (Å²) in [6.07, 6.45) is -2.84. The lowest BCUT2D eigenvalue weighted by atomic mass is 10.0. The zero-order valence-corrected chi connectivity index (χ0v) is 51.6. The van der Waals surface area contributed by atoms with Crippen molar-refractivity contribution in [3.8, 4) is 0 Å². The smallest absolute Gasteiger partial charge is 0.299 e. The van der Waals surface area contributed by atoms with Crippen LogP contribution in [-0.2, 0) is 76.7 Å². The molecule has 0 spiro atoms. The number of rotatable bonds is 17. The van der Waals surface area contributed by atoms with Gasteiger partial charge in [0.05, 0.1) is 45.0 Å². The number of ketones is 4. The van der Waals surface area contributed by atoms with E-state index in [9.17, 15) is 42.5 Å². The van der Waals surface area contributed by atoms with Crippen molar-refractivity contribution in [3.63, 3.8) is 0 Å². The van der Waals surface area contributed by atoms with Crippen LogP contribution >= 0.6 is 104 Å². The minimum Gasteiger partial charge on any atom is -0.299 e. The van der Waals surface area contributed by atoms with E-state index in [2.05, 4.69) is 34.1 Å². The lowest BCUT2D eigenvalue weighted by Crippen LogP contribution is -2.10. The lowest BCUT2D eigenvalue weighted by Gasteiger charge is -2.10. The van der Waals surface area contributed by atoms with Gasteiger partial charge in [-0.25, -0.2) is 4.63 Å². The molecule has 3 aromatic heterocycles. The Labute approximate surface area is 536 Å². The Morgan fingerprint density at radius 1 is 0.425 bits per heavy atom. The van der Waals surface area contributed by atoms with Crippen molar-refractivity contribution in [2.24, 2.45) is 0 Å². The van der Waals surface area contributed by atoms with E-state index in [0.29, 0.717) is 72.4 Å². The zero-order valence-electron chi connectivity index (χ0n) is 44.7. The Hall–Kier alpha value is -7.30. The lowest BCUT2D eigenvalue weighted by molar-refractivity contribution is -0.384. The number of carbonyl (C=O) groups is 4. The molecule has 0 fully saturated rings. The van der Waals surface area contributed by atoms with Gasteiger partial charge in [-0.15, -0.1) is 10.2 Å². The van der Waals surface area contributed by atoms with Gasteiger partial charge < -0.3 is 0 Å². The van der Waals surface area contributed by atoms with Crippen LogP contribution in [0.3, 0.4) is 0 Å². The fourth-order valence-electron chi connectivity index (χ4n) is 8.47. The molecule has 0 unspecified atom stereocenters. The van der Waals surface area contributed by atoms with E-state index in [0.717, 1.165) is 59.9 Å². The highest BCUT2D eigenvalue weighted by atomic mass is 35.5. The number of Topliss-reactive ketones (excluding diaryl/α,β-unsaturated/α-hetero) is 4. The first-order chi connectivity index (χ1) is 41.5. The van der Waals surface area contributed by atoms with Crippen molar-refractivity contribution in [2.45, 2.75) is 57.5 Å². The summed E-state index contributed by atoms with van der Waals surface area (Å²) in [5, 5.41) is 28.5. The minimum atomic E-state index is -4.54. The molecule has 87 heavy (non-hydrogen) atoms. The van der Waals surface area contributed by atoms with Crippen LogP contribution < -0.4 is 0 Å². The number of aromatic nitrogens is 6. The number of fused-ring (bicyclic) bond motifs is 3. The number of carbonyl (C=O) groups excluding carboxylic acids is 4. The van der Waals surface area contributed by atoms with Crippen LogP contribution in [0.15, 0.2) is 156 Å². The van der Waals surface area contributed by atoms with Crippen molar-refractivity contribution in [1.29, 1.82) is 0 Å². The third-order valence-corrected chi connectivity index (χ3v) is 16.4. The molecule has 444 valence electrons. The summed E-state index contributed by atoms with van der Waals surface area (Å²) in [4.78, 5) is 58.7. The summed E-state index contributed by atoms with van der Waals surface area (Å²) in [6, 6.07) is 41.7. The van der Waals surface area contributed by atoms with E-state index >= 15 is 0 Å². The molecule has 0 radical (unpaired) electrons. The number of non-ortho nitro benzene ring substituents is 1. The van der Waals surface area contributed by atoms with Crippen molar-refractivity contribution in [1.82, 2.24) is 29.5 Å². The Bertz CT molecular complexity index is 4320. The molecule has 3 heterocycles. The second-order valence-electron chi connectivity index (χ2n) is 19.3. The van der Waals surface area contributed by atoms with Crippen molar-refractivity contribution < 1.29 is 41.9 Å². The minimum absolute atomic E-state index is 0.0146. The van der Waals surface area contributed by atoms with E-state index < -0.39 is 16.7 Å². The molecule has 8 aromatic carbocycles. The summed E-state index contributed by atoms with van der Waals surface area (Å²) in [5.74, 6) is -0.0311. The molecule has 0 saturated carbocycles. The maximum atomic E-state index is 12.9. The van der Waals surface area contributed by atoms with Gasteiger partial charge in [0, 0.05) is 73.5 Å². The van der Waals surface area contributed by atoms with Crippen LogP contribution in [0.5, 0.6) is 0 Å². The molecule has 0 aliphatic carbocycles. The van der Waals surface area contributed by atoms with Gasteiger partial charge >= 0.3 is 6.18 Å². The predicted molar refractivity (Wildman–Crippen MR) is 335 cm³/mol. The molecule has 14 nitrogen and oxygen atoms in total. The second-order valence-corrected chi connectivity index (χ2v) is 23.7. The topological polar surface area (TPSA) is 202 Å². The maximum absolute atomic E-state index is 12.9. The van der Waals surface area contributed by atoms with Gasteiger partial charge in [0.15, 0.2) is 0 Å². The SMILES string of the molecule is O=C(Cc1ccc(Cl)c(C(F)(F)F)c1)Cc1ccc2nnsc2c1.O=C(Cc1ccc(Cl)c(Cl)c1)Cc1cc([N+](=O)[O-])ccc1Cl.O=C(Cc1ccc(Cl)c(Cl)c1)Cc1ccc2nnsc2c1.O=C(Cc1ccc(Cl)cc1)Cc1ccc2nonc2c1. The van der Waals surface area contributed by atoms with Gasteiger partial charge in [-0.2, -0.15) is 13.2 Å². The fraction of sp³-hybridized carbons (Fsp3) is 0.148. The maximum Gasteiger partial charge on any atom is 0.417 e. The Morgan fingerprint density at radius 3 is 1.30 bits per heavy atom. The summed E-state index contributed by atoms with van der Waals surface area (Å²) in [5.41, 5.74) is 7.89. The normalized spacial score (nSPS) is 11.1. The fourth-order valence-corrected chi connectivity index (χ4v) is 10.9. The first kappa shape index (κ1) is 65.7. The third-order valence-electron chi connectivity index (χ3n) is 12.6. The molecule has 0 aliphatic rings. The van der Waals surface area contributed by atoms with Gasteiger partial charge in [-0.1, -0.05) is 139 Å². The number of alkyl halides is 3. The van der Waals surface area contributed by atoms with Crippen LogP contribution in [0.1, 0.15) is 50.1 Å². The first-order valence-corrected chi connectivity index (χ1v) is 29.8. The number of nitro groups is 1. The Morgan fingerprint density at radius 2 is 0.816 bits per heavy atom. The van der Waals surface area contributed by atoms with E-state index in [-0.39, 0.29) is 65.1 Å². The second kappa shape index (κ2) is 30.6. The quantitative estimate of drug-likeness (QED) is 0.0616. The third kappa shape index (κ3) is 19.6. The summed E-state index contributed by atoms with van der Waals surface area (Å²) in [6.45, 7) is 0. The number of hydrogen-bond donors (Lipinski definition) is 0. The average molecular weight is 1350 g/mol. The van der Waals surface area contributed by atoms with Crippen molar-refractivity contribution in [2.75, 3.05) is 0 Å². The molecule has 0 N–H and O–H groups in total. The Balaban J connectivity index is 0.000000151. The zero-order chi connectivity index (χ0) is 62.4. The van der Waals surface area contributed by atoms with E-state index in [1.165, 1.54) is 53.4 Å². The number of benzene rings is 8. The molecule has 0 aliphatic heterocycles. The number of halogens is 10. The highest BCUT2D eigenvalue weighted by molar-refractivity contribution is 7.13. The number of hydrogen-bond acceptors (Lipinski definition) is 15. The van der Waals surface area contributed by atoms with Crippen molar-refractivity contribution in [3.05, 3.63) is 247 Å². The van der Waals surface area contributed by atoms with E-state index in [4.69, 9.17) is 81.2 Å². The van der Waals surface area contributed by atoms with Crippen LogP contribution in [0.4, 0.5) is 18.9 Å². The molecular formula is C61H41Cl7F3N7O7S2. The molecule has 11 rings (SSSR count). The molecule has 11 aromatic rings. The number of nitro benzene ring substituents is 1. The van der Waals surface area contributed by atoms with Crippen LogP contribution in [0.25, 0.3) is 31.5 Å². The first-order valence-electron chi connectivity index (χ1n) is 25.6. The van der Waals surface area contributed by atoms with Gasteiger partial charge in [0.25, 0.3) is 5.69 Å². The Kier molecular flexibility index (Phi) is 23.1. The number of nitrogens with zero attached hydrogens (tertiary/aromatic N) is 7. The van der Waals surface area contributed by atoms with Crippen molar-refractivity contribution >= 4 is 165 Å². The summed E-state index contributed by atoms with van der Waals surface area (Å²) >= 11 is 43.5. The summed E-state index contributed by atoms with van der Waals surface area (Å²) < 4.78 is 52.8. The molecular weight excluding hydrogens is 1310 g/mol. The highest BCUT2D eigenvalue weighted by Gasteiger charge is 2.33. The van der Waals surface area contributed by atoms with Gasteiger partial charge in [0.1, 0.15) is 45.2 Å².